The van der Waals surface area contributed by atoms with Crippen molar-refractivity contribution in [3.63, 3.8) is 0 Å². The molecule has 1 unspecified atom stereocenters. The number of carbonyl (C=O) groups excluding carboxylic acids is 1. The van der Waals surface area contributed by atoms with Gasteiger partial charge in [0.05, 0.1) is 13.2 Å². The maximum Gasteiger partial charge on any atom is 0.222 e. The Morgan fingerprint density at radius 1 is 1.00 bits per heavy atom. The predicted octanol–water partition coefficient (Wildman–Crippen LogP) is 7.18. The van der Waals surface area contributed by atoms with E-state index in [0.29, 0.717) is 28.7 Å². The Morgan fingerprint density at radius 2 is 1.76 bits per heavy atom. The van der Waals surface area contributed by atoms with Crippen molar-refractivity contribution in [2.24, 2.45) is 34.5 Å². The molecule has 0 aromatic carbocycles. The van der Waals surface area contributed by atoms with Gasteiger partial charge in [0.1, 0.15) is 0 Å². The number of hydrogen-bond donors (Lipinski definition) is 0. The summed E-state index contributed by atoms with van der Waals surface area (Å²) >= 11 is 0. The van der Waals surface area contributed by atoms with Gasteiger partial charge in [-0.05, 0) is 113 Å². The van der Waals surface area contributed by atoms with Crippen molar-refractivity contribution in [2.75, 3.05) is 20.3 Å². The zero-order chi connectivity index (χ0) is 23.8. The summed E-state index contributed by atoms with van der Waals surface area (Å²) in [5.41, 5.74) is 3.63. The van der Waals surface area contributed by atoms with Gasteiger partial charge in [0.25, 0.3) is 0 Å². The molecule has 1 aliphatic heterocycles. The summed E-state index contributed by atoms with van der Waals surface area (Å²) in [4.78, 5) is 14.5. The van der Waals surface area contributed by atoms with Crippen molar-refractivity contribution >= 4 is 5.91 Å². The molecule has 0 aromatic rings. The molecule has 7 atom stereocenters. The molecule has 1 amide bonds. The Bertz CT molecular complexity index is 780. The maximum absolute atomic E-state index is 12.4. The molecular weight excluding hydrogens is 406 g/mol. The van der Waals surface area contributed by atoms with Crippen LogP contribution in [-0.2, 0) is 9.53 Å². The molecule has 1 heterocycles. The standard InChI is InChI=1S/C30H49NO2/c1-21(2)8-7-9-22(3)16-19-33-20-23-10-12-25-24-11-13-27-30(5,18-15-28(32)31(27)6)26(24)14-17-29(23,25)4/h8,16,23-27H,7,9-15,17-20H2,1-6H3/b22-16+/t23?,24-,25-,26-,27+,29+,30+/m0/s1. The van der Waals surface area contributed by atoms with Crippen LogP contribution in [0.15, 0.2) is 23.3 Å². The van der Waals surface area contributed by atoms with Gasteiger partial charge < -0.3 is 9.64 Å². The van der Waals surface area contributed by atoms with Crippen molar-refractivity contribution < 1.29 is 9.53 Å². The lowest BCUT2D eigenvalue weighted by Gasteiger charge is -2.61. The maximum atomic E-state index is 12.4. The highest BCUT2D eigenvalue weighted by Gasteiger charge is 2.61. The fraction of sp³-hybridized carbons (Fsp3) is 0.833. The second-order valence-electron chi connectivity index (χ2n) is 12.7. The molecule has 33 heavy (non-hydrogen) atoms. The minimum atomic E-state index is 0.329. The Labute approximate surface area is 203 Å². The summed E-state index contributed by atoms with van der Waals surface area (Å²) in [6, 6.07) is 0.469. The Hall–Kier alpha value is -1.09. The molecule has 3 heteroatoms. The highest BCUT2D eigenvalue weighted by atomic mass is 16.5. The zero-order valence-corrected chi connectivity index (χ0v) is 22.3. The van der Waals surface area contributed by atoms with Gasteiger partial charge in [-0.2, -0.15) is 0 Å². The normalized spacial score (nSPS) is 40.8. The van der Waals surface area contributed by atoms with E-state index in [1.807, 2.05) is 0 Å². The number of carbonyl (C=O) groups is 1. The van der Waals surface area contributed by atoms with E-state index in [4.69, 9.17) is 4.74 Å². The molecule has 0 radical (unpaired) electrons. The topological polar surface area (TPSA) is 29.5 Å². The lowest BCUT2D eigenvalue weighted by molar-refractivity contribution is -0.158. The molecule has 4 rings (SSSR count). The molecule has 3 saturated carbocycles. The number of rotatable bonds is 7. The van der Waals surface area contributed by atoms with Gasteiger partial charge in [-0.15, -0.1) is 0 Å². The molecule has 0 bridgehead atoms. The minimum Gasteiger partial charge on any atom is -0.377 e. The van der Waals surface area contributed by atoms with Crippen LogP contribution in [0.25, 0.3) is 0 Å². The van der Waals surface area contributed by atoms with E-state index in [1.165, 1.54) is 49.7 Å². The lowest BCUT2D eigenvalue weighted by atomic mass is 9.47. The average Bonchev–Trinajstić information content (AvgIpc) is 3.10. The van der Waals surface area contributed by atoms with Crippen LogP contribution in [0.3, 0.4) is 0 Å². The van der Waals surface area contributed by atoms with Gasteiger partial charge in [0.2, 0.25) is 5.91 Å². The van der Waals surface area contributed by atoms with Crippen LogP contribution in [0.5, 0.6) is 0 Å². The summed E-state index contributed by atoms with van der Waals surface area (Å²) < 4.78 is 6.26. The summed E-state index contributed by atoms with van der Waals surface area (Å²) in [5.74, 6) is 3.59. The monoisotopic (exact) mass is 455 g/mol. The first-order chi connectivity index (χ1) is 15.7. The van der Waals surface area contributed by atoms with Gasteiger partial charge in [-0.3, -0.25) is 4.79 Å². The van der Waals surface area contributed by atoms with Crippen LogP contribution in [-0.4, -0.2) is 37.1 Å². The molecule has 1 saturated heterocycles. The van der Waals surface area contributed by atoms with Crippen LogP contribution in [0, 0.1) is 34.5 Å². The molecule has 4 fully saturated rings. The zero-order valence-electron chi connectivity index (χ0n) is 22.3. The summed E-state index contributed by atoms with van der Waals surface area (Å²) in [5, 5.41) is 0. The number of allylic oxidation sites excluding steroid dienone is 3. The third-order valence-corrected chi connectivity index (χ3v) is 10.7. The van der Waals surface area contributed by atoms with E-state index in [1.54, 1.807) is 0 Å². The summed E-state index contributed by atoms with van der Waals surface area (Å²) in [6.45, 7) is 13.4. The first-order valence-corrected chi connectivity index (χ1v) is 13.8. The second-order valence-corrected chi connectivity index (χ2v) is 12.7. The van der Waals surface area contributed by atoms with Crippen molar-refractivity contribution in [1.29, 1.82) is 0 Å². The van der Waals surface area contributed by atoms with Gasteiger partial charge in [-0.25, -0.2) is 0 Å². The molecule has 3 aliphatic carbocycles. The largest absolute Gasteiger partial charge is 0.377 e. The van der Waals surface area contributed by atoms with Crippen molar-refractivity contribution in [1.82, 2.24) is 4.90 Å². The number of likely N-dealkylation sites (tertiary alicyclic amines) is 1. The van der Waals surface area contributed by atoms with Crippen molar-refractivity contribution in [2.45, 2.75) is 105 Å². The van der Waals surface area contributed by atoms with Crippen molar-refractivity contribution in [3.8, 4) is 0 Å². The summed E-state index contributed by atoms with van der Waals surface area (Å²) in [7, 11) is 2.07. The quantitative estimate of drug-likeness (QED) is 0.301. The lowest BCUT2D eigenvalue weighted by Crippen LogP contribution is -2.61. The van der Waals surface area contributed by atoms with Gasteiger partial charge >= 0.3 is 0 Å². The smallest absolute Gasteiger partial charge is 0.222 e. The number of hydrogen-bond acceptors (Lipinski definition) is 2. The molecule has 0 aromatic heterocycles. The van der Waals surface area contributed by atoms with Crippen LogP contribution in [0.4, 0.5) is 0 Å². The summed E-state index contributed by atoms with van der Waals surface area (Å²) in [6.07, 6.45) is 16.7. The number of ether oxygens (including phenoxy) is 1. The third kappa shape index (κ3) is 4.73. The Kier molecular flexibility index (Phi) is 7.49. The average molecular weight is 456 g/mol. The first kappa shape index (κ1) is 25.0. The third-order valence-electron chi connectivity index (χ3n) is 10.7. The van der Waals surface area contributed by atoms with E-state index in [-0.39, 0.29) is 0 Å². The predicted molar refractivity (Wildman–Crippen MR) is 137 cm³/mol. The highest BCUT2D eigenvalue weighted by Crippen LogP contribution is 2.66. The van der Waals surface area contributed by atoms with E-state index >= 15 is 0 Å². The van der Waals surface area contributed by atoms with E-state index < -0.39 is 0 Å². The molecule has 0 N–H and O–H groups in total. The van der Waals surface area contributed by atoms with Crippen LogP contribution in [0.2, 0.25) is 0 Å². The van der Waals surface area contributed by atoms with Crippen LogP contribution in [0.1, 0.15) is 98.8 Å². The number of nitrogens with zero attached hydrogens (tertiary/aromatic N) is 1. The minimum absolute atomic E-state index is 0.329. The second kappa shape index (κ2) is 9.88. The Balaban J connectivity index is 1.34. The molecular formula is C30H49NO2. The number of piperidine rings is 1. The van der Waals surface area contributed by atoms with E-state index in [2.05, 4.69) is 58.7 Å². The van der Waals surface area contributed by atoms with E-state index in [9.17, 15) is 4.79 Å². The van der Waals surface area contributed by atoms with Gasteiger partial charge in [0.15, 0.2) is 0 Å². The first-order valence-electron chi connectivity index (χ1n) is 13.8. The van der Waals surface area contributed by atoms with Crippen LogP contribution >= 0.6 is 0 Å². The van der Waals surface area contributed by atoms with E-state index in [0.717, 1.165) is 56.7 Å². The number of fused-ring (bicyclic) bond motifs is 5. The van der Waals surface area contributed by atoms with Gasteiger partial charge in [-0.1, -0.05) is 37.1 Å². The number of amides is 1. The SMILES string of the molecule is CC(C)=CCC/C(C)=C/COCC1CC[C@H]2[C@@H]3CC[C@H]4N(C)C(=O)CC[C@]4(C)[C@H]3CC[C@]12C. The highest BCUT2D eigenvalue weighted by molar-refractivity contribution is 5.77. The Morgan fingerprint density at radius 3 is 2.52 bits per heavy atom. The molecule has 0 spiro atoms. The molecule has 186 valence electrons. The fourth-order valence-electron chi connectivity index (χ4n) is 8.64. The molecule has 4 aliphatic rings. The molecule has 3 nitrogen and oxygen atoms in total. The van der Waals surface area contributed by atoms with Gasteiger partial charge in [0, 0.05) is 19.5 Å². The van der Waals surface area contributed by atoms with Crippen LogP contribution < -0.4 is 0 Å². The fourth-order valence-corrected chi connectivity index (χ4v) is 8.64. The van der Waals surface area contributed by atoms with Crippen molar-refractivity contribution in [3.05, 3.63) is 23.3 Å².